The van der Waals surface area contributed by atoms with Crippen LogP contribution in [0.5, 0.6) is 0 Å². The maximum atomic E-state index is 13.4. The minimum atomic E-state index is -0.0418. The number of rotatable bonds is 13. The Balaban J connectivity index is 1.59. The average molecular weight is 360 g/mol. The highest BCUT2D eigenvalue weighted by atomic mass is 16.6. The van der Waals surface area contributed by atoms with Gasteiger partial charge in [-0.2, -0.15) is 0 Å². The van der Waals surface area contributed by atoms with Gasteiger partial charge in [-0.15, -0.1) is 0 Å². The van der Waals surface area contributed by atoms with E-state index in [1.54, 1.807) is 0 Å². The lowest BCUT2D eigenvalue weighted by Crippen LogP contribution is -2.40. The summed E-state index contributed by atoms with van der Waals surface area (Å²) in [5, 5.41) is 0. The second kappa shape index (κ2) is 10.1. The van der Waals surface area contributed by atoms with E-state index >= 15 is 0 Å². The highest BCUT2D eigenvalue weighted by molar-refractivity contribution is 5.84. The lowest BCUT2D eigenvalue weighted by atomic mass is 9.91. The Kier molecular flexibility index (Phi) is 7.51. The molecule has 0 saturated carbocycles. The number of carbonyl (C=O) groups excluding carboxylic acids is 1. The zero-order chi connectivity index (χ0) is 18.2. The molecular weight excluding hydrogens is 326 g/mol. The molecule has 1 aromatic carbocycles. The molecule has 2 aliphatic rings. The Morgan fingerprint density at radius 1 is 1.00 bits per heavy atom. The van der Waals surface area contributed by atoms with Gasteiger partial charge in [0.15, 0.2) is 0 Å². The maximum absolute atomic E-state index is 13.4. The van der Waals surface area contributed by atoms with Crippen LogP contribution in [0.4, 0.5) is 0 Å². The molecule has 0 radical (unpaired) electrons. The van der Waals surface area contributed by atoms with Gasteiger partial charge in [0.1, 0.15) is 0 Å². The van der Waals surface area contributed by atoms with Crippen LogP contribution in [0.25, 0.3) is 0 Å². The molecule has 0 aliphatic carbocycles. The van der Waals surface area contributed by atoms with Crippen molar-refractivity contribution >= 4 is 5.91 Å². The number of carbonyl (C=O) groups is 1. The van der Waals surface area contributed by atoms with Crippen molar-refractivity contribution in [3.8, 4) is 0 Å². The Labute approximate surface area is 157 Å². The summed E-state index contributed by atoms with van der Waals surface area (Å²) in [6.45, 7) is 5.22. The highest BCUT2D eigenvalue weighted by Gasteiger charge is 2.35. The van der Waals surface area contributed by atoms with Crippen LogP contribution < -0.4 is 0 Å². The Hall–Kier alpha value is -1.39. The van der Waals surface area contributed by atoms with Crippen LogP contribution >= 0.6 is 0 Å². The zero-order valence-corrected chi connectivity index (χ0v) is 16.1. The summed E-state index contributed by atoms with van der Waals surface area (Å²) >= 11 is 0. The molecule has 2 fully saturated rings. The molecule has 4 nitrogen and oxygen atoms in total. The second-order valence-corrected chi connectivity index (χ2v) is 7.67. The quantitative estimate of drug-likeness (QED) is 0.393. The third kappa shape index (κ3) is 6.40. The van der Waals surface area contributed by atoms with Crippen molar-refractivity contribution in [2.75, 3.05) is 26.3 Å². The molecule has 3 atom stereocenters. The van der Waals surface area contributed by atoms with Crippen LogP contribution in [0.1, 0.15) is 63.4 Å². The maximum Gasteiger partial charge on any atom is 0.230 e. The number of nitrogens with zero attached hydrogens (tertiary/aromatic N) is 1. The summed E-state index contributed by atoms with van der Waals surface area (Å²) in [4.78, 5) is 15.3. The topological polar surface area (TPSA) is 45.4 Å². The van der Waals surface area contributed by atoms with Crippen molar-refractivity contribution in [3.05, 3.63) is 35.9 Å². The van der Waals surface area contributed by atoms with Gasteiger partial charge in [0.2, 0.25) is 5.91 Å². The molecule has 0 aromatic heterocycles. The van der Waals surface area contributed by atoms with Gasteiger partial charge in [0, 0.05) is 13.1 Å². The SMILES string of the molecule is CCCCCCCCC(C(=O)N(CC1CO1)CC1CO1)c1ccccc1. The minimum absolute atomic E-state index is 0.0418. The van der Waals surface area contributed by atoms with E-state index in [1.165, 1.54) is 32.1 Å². The number of hydrogen-bond donors (Lipinski definition) is 0. The third-order valence-corrected chi connectivity index (χ3v) is 5.31. The molecule has 3 unspecified atom stereocenters. The van der Waals surface area contributed by atoms with Crippen molar-refractivity contribution < 1.29 is 14.3 Å². The first-order chi connectivity index (χ1) is 12.8. The monoisotopic (exact) mass is 359 g/mol. The van der Waals surface area contributed by atoms with Crippen molar-refractivity contribution in [3.63, 3.8) is 0 Å². The normalized spacial score (nSPS) is 22.0. The number of benzene rings is 1. The van der Waals surface area contributed by atoms with Crippen molar-refractivity contribution in [1.82, 2.24) is 4.90 Å². The van der Waals surface area contributed by atoms with Crippen molar-refractivity contribution in [2.24, 2.45) is 0 Å². The number of epoxide rings is 2. The molecule has 2 saturated heterocycles. The molecule has 0 N–H and O–H groups in total. The third-order valence-electron chi connectivity index (χ3n) is 5.31. The summed E-state index contributed by atoms with van der Waals surface area (Å²) in [6, 6.07) is 10.3. The number of unbranched alkanes of at least 4 members (excludes halogenated alkanes) is 5. The molecular formula is C22H33NO3. The zero-order valence-electron chi connectivity index (χ0n) is 16.1. The lowest BCUT2D eigenvalue weighted by Gasteiger charge is -2.27. The molecule has 2 heterocycles. The Bertz CT molecular complexity index is 526. The fourth-order valence-electron chi connectivity index (χ4n) is 3.56. The smallest absolute Gasteiger partial charge is 0.230 e. The number of hydrogen-bond acceptors (Lipinski definition) is 3. The van der Waals surface area contributed by atoms with E-state index in [9.17, 15) is 4.79 Å². The summed E-state index contributed by atoms with van der Waals surface area (Å²) in [7, 11) is 0. The summed E-state index contributed by atoms with van der Waals surface area (Å²) < 4.78 is 10.8. The first kappa shape index (κ1) is 19.4. The summed E-state index contributed by atoms with van der Waals surface area (Å²) in [5.41, 5.74) is 1.14. The van der Waals surface area contributed by atoms with Crippen LogP contribution in [-0.4, -0.2) is 49.3 Å². The van der Waals surface area contributed by atoms with Crippen LogP contribution in [0, 0.1) is 0 Å². The van der Waals surface area contributed by atoms with Gasteiger partial charge in [0.25, 0.3) is 0 Å². The van der Waals surface area contributed by atoms with E-state index in [-0.39, 0.29) is 24.0 Å². The second-order valence-electron chi connectivity index (χ2n) is 7.67. The lowest BCUT2D eigenvalue weighted by molar-refractivity contribution is -0.133. The largest absolute Gasteiger partial charge is 0.371 e. The highest BCUT2D eigenvalue weighted by Crippen LogP contribution is 2.27. The van der Waals surface area contributed by atoms with E-state index in [2.05, 4.69) is 19.1 Å². The minimum Gasteiger partial charge on any atom is -0.371 e. The van der Waals surface area contributed by atoms with Gasteiger partial charge in [-0.25, -0.2) is 0 Å². The molecule has 1 aromatic rings. The molecule has 4 heteroatoms. The molecule has 0 bridgehead atoms. The molecule has 144 valence electrons. The van der Waals surface area contributed by atoms with E-state index < -0.39 is 0 Å². The number of ether oxygens (including phenoxy) is 2. The first-order valence-corrected chi connectivity index (χ1v) is 10.3. The standard InChI is InChI=1S/C22H33NO3/c1-2-3-4-5-6-10-13-21(18-11-8-7-9-12-18)22(24)23(14-19-16-25-19)15-20-17-26-20/h7-9,11-12,19-21H,2-6,10,13-17H2,1H3. The van der Waals surface area contributed by atoms with Crippen LogP contribution in [-0.2, 0) is 14.3 Å². The molecule has 26 heavy (non-hydrogen) atoms. The van der Waals surface area contributed by atoms with Gasteiger partial charge in [-0.3, -0.25) is 4.79 Å². The van der Waals surface area contributed by atoms with Crippen molar-refractivity contribution in [2.45, 2.75) is 70.0 Å². The first-order valence-electron chi connectivity index (χ1n) is 10.3. The molecule has 0 spiro atoms. The van der Waals surface area contributed by atoms with Gasteiger partial charge >= 0.3 is 0 Å². The molecule has 1 amide bonds. The fourth-order valence-corrected chi connectivity index (χ4v) is 3.56. The van der Waals surface area contributed by atoms with Crippen LogP contribution in [0.15, 0.2) is 30.3 Å². The van der Waals surface area contributed by atoms with Gasteiger partial charge in [0.05, 0.1) is 31.3 Å². The Morgan fingerprint density at radius 2 is 1.58 bits per heavy atom. The van der Waals surface area contributed by atoms with E-state index in [4.69, 9.17) is 9.47 Å². The predicted molar refractivity (Wildman–Crippen MR) is 103 cm³/mol. The molecule has 3 rings (SSSR count). The van der Waals surface area contributed by atoms with Gasteiger partial charge < -0.3 is 14.4 Å². The predicted octanol–water partition coefficient (Wildman–Crippen LogP) is 4.15. The number of amides is 1. The average Bonchev–Trinajstić information content (AvgIpc) is 3.57. The summed E-state index contributed by atoms with van der Waals surface area (Å²) in [6.07, 6.45) is 8.89. The fraction of sp³-hybridized carbons (Fsp3) is 0.682. The van der Waals surface area contributed by atoms with Crippen molar-refractivity contribution in [1.29, 1.82) is 0 Å². The Morgan fingerprint density at radius 3 is 2.15 bits per heavy atom. The van der Waals surface area contributed by atoms with E-state index in [0.717, 1.165) is 31.6 Å². The van der Waals surface area contributed by atoms with Crippen LogP contribution in [0.3, 0.4) is 0 Å². The molecule has 2 aliphatic heterocycles. The van der Waals surface area contributed by atoms with E-state index in [1.807, 2.05) is 23.1 Å². The van der Waals surface area contributed by atoms with Crippen LogP contribution in [0.2, 0.25) is 0 Å². The van der Waals surface area contributed by atoms with Gasteiger partial charge in [-0.05, 0) is 12.0 Å². The van der Waals surface area contributed by atoms with E-state index in [0.29, 0.717) is 13.1 Å². The van der Waals surface area contributed by atoms with Gasteiger partial charge in [-0.1, -0.05) is 75.8 Å². The summed E-state index contributed by atoms with van der Waals surface area (Å²) in [5.74, 6) is 0.204.